The van der Waals surface area contributed by atoms with Crippen LogP contribution in [0, 0.1) is 12.8 Å². The number of likely N-dealkylation sites (tertiary alicyclic amines) is 1. The summed E-state index contributed by atoms with van der Waals surface area (Å²) in [5, 5.41) is 0. The maximum Gasteiger partial charge on any atom is 0.0735 e. The molecule has 0 saturated carbocycles. The van der Waals surface area contributed by atoms with Gasteiger partial charge in [0.05, 0.1) is 17.9 Å². The Hall–Kier alpha value is -0.930. The predicted molar refractivity (Wildman–Crippen MR) is 71.3 cm³/mol. The number of nitrogens with zero attached hydrogens (tertiary/aromatic N) is 2. The topological polar surface area (TPSA) is 25.4 Å². The summed E-state index contributed by atoms with van der Waals surface area (Å²) in [6, 6.07) is 6.27. The first-order valence-electron chi connectivity index (χ1n) is 7.01. The fourth-order valence-electron chi connectivity index (χ4n) is 3.29. The van der Waals surface area contributed by atoms with Gasteiger partial charge in [-0.1, -0.05) is 6.07 Å². The zero-order chi connectivity index (χ0) is 12.5. The quantitative estimate of drug-likeness (QED) is 0.801. The third kappa shape index (κ3) is 2.57. The van der Waals surface area contributed by atoms with E-state index in [0.717, 1.165) is 24.7 Å². The van der Waals surface area contributed by atoms with Crippen LogP contribution in [0.4, 0.5) is 0 Å². The number of hydrogen-bond donors (Lipinski definition) is 0. The van der Waals surface area contributed by atoms with Crippen molar-refractivity contribution in [3.63, 3.8) is 0 Å². The molecular weight excluding hydrogens is 224 g/mol. The Morgan fingerprint density at radius 2 is 2.33 bits per heavy atom. The van der Waals surface area contributed by atoms with E-state index in [1.54, 1.807) is 0 Å². The first kappa shape index (κ1) is 12.1. The van der Waals surface area contributed by atoms with Crippen molar-refractivity contribution in [1.82, 2.24) is 9.88 Å². The zero-order valence-corrected chi connectivity index (χ0v) is 11.3. The Kier molecular flexibility index (Phi) is 3.35. The van der Waals surface area contributed by atoms with E-state index in [-0.39, 0.29) is 0 Å². The summed E-state index contributed by atoms with van der Waals surface area (Å²) in [6.45, 7) is 7.47. The molecule has 18 heavy (non-hydrogen) atoms. The molecule has 0 aromatic carbocycles. The molecule has 0 N–H and O–H groups in total. The number of aromatic nitrogens is 1. The lowest BCUT2D eigenvalue weighted by Crippen LogP contribution is -2.41. The van der Waals surface area contributed by atoms with Gasteiger partial charge in [-0.25, -0.2) is 0 Å². The lowest BCUT2D eigenvalue weighted by Gasteiger charge is -2.33. The number of ether oxygens (including phenoxy) is 1. The van der Waals surface area contributed by atoms with Crippen molar-refractivity contribution in [2.24, 2.45) is 5.92 Å². The highest BCUT2D eigenvalue weighted by Crippen LogP contribution is 2.33. The van der Waals surface area contributed by atoms with E-state index < -0.39 is 0 Å². The van der Waals surface area contributed by atoms with Crippen molar-refractivity contribution in [2.75, 3.05) is 13.1 Å². The first-order chi connectivity index (χ1) is 8.70. The van der Waals surface area contributed by atoms with Crippen LogP contribution in [0.5, 0.6) is 0 Å². The molecule has 3 atom stereocenters. The molecule has 0 amide bonds. The van der Waals surface area contributed by atoms with Gasteiger partial charge in [0.15, 0.2) is 0 Å². The lowest BCUT2D eigenvalue weighted by molar-refractivity contribution is -0.00305. The molecule has 3 nitrogen and oxygen atoms in total. The third-order valence-electron chi connectivity index (χ3n) is 4.15. The van der Waals surface area contributed by atoms with E-state index >= 15 is 0 Å². The molecule has 1 aromatic rings. The van der Waals surface area contributed by atoms with Gasteiger partial charge in [-0.2, -0.15) is 0 Å². The van der Waals surface area contributed by atoms with Gasteiger partial charge in [-0.05, 0) is 51.3 Å². The largest absolute Gasteiger partial charge is 0.374 e. The van der Waals surface area contributed by atoms with Gasteiger partial charge >= 0.3 is 0 Å². The molecular formula is C15H22N2O. The van der Waals surface area contributed by atoms with E-state index in [2.05, 4.69) is 41.9 Å². The molecule has 2 aliphatic heterocycles. The van der Waals surface area contributed by atoms with Crippen LogP contribution in [0.1, 0.15) is 31.2 Å². The van der Waals surface area contributed by atoms with Crippen LogP contribution >= 0.6 is 0 Å². The Bertz CT molecular complexity index is 421. The van der Waals surface area contributed by atoms with Crippen LogP contribution in [0.25, 0.3) is 0 Å². The van der Waals surface area contributed by atoms with Crippen molar-refractivity contribution >= 4 is 0 Å². The van der Waals surface area contributed by atoms with E-state index in [4.69, 9.17) is 4.74 Å². The monoisotopic (exact) mass is 246 g/mol. The van der Waals surface area contributed by atoms with Crippen LogP contribution in [0.15, 0.2) is 18.2 Å². The molecule has 3 heteroatoms. The zero-order valence-electron chi connectivity index (χ0n) is 11.3. The molecule has 2 aliphatic rings. The summed E-state index contributed by atoms with van der Waals surface area (Å²) in [5.74, 6) is 0.793. The van der Waals surface area contributed by atoms with Crippen molar-refractivity contribution in [2.45, 2.75) is 45.4 Å². The molecule has 0 unspecified atom stereocenters. The smallest absolute Gasteiger partial charge is 0.0735 e. The van der Waals surface area contributed by atoms with Gasteiger partial charge in [0.2, 0.25) is 0 Å². The van der Waals surface area contributed by atoms with Gasteiger partial charge in [0.1, 0.15) is 0 Å². The second-order valence-corrected chi connectivity index (χ2v) is 5.78. The number of hydrogen-bond acceptors (Lipinski definition) is 3. The summed E-state index contributed by atoms with van der Waals surface area (Å²) in [4.78, 5) is 7.07. The van der Waals surface area contributed by atoms with Crippen molar-refractivity contribution in [3.05, 3.63) is 29.6 Å². The Morgan fingerprint density at radius 1 is 1.44 bits per heavy atom. The van der Waals surface area contributed by atoms with Crippen LogP contribution < -0.4 is 0 Å². The third-order valence-corrected chi connectivity index (χ3v) is 4.15. The standard InChI is InChI=1S/C15H22N2O/c1-11-4-3-5-14(16-11)9-17-7-6-13-8-12(2)18-15(13)10-17/h3-5,12-13,15H,6-10H2,1-2H3/t12-,13+,15-/m1/s1. The predicted octanol–water partition coefficient (Wildman–Crippen LogP) is 2.39. The van der Waals surface area contributed by atoms with E-state index in [1.807, 2.05) is 0 Å². The summed E-state index contributed by atoms with van der Waals surface area (Å²) in [7, 11) is 0. The maximum atomic E-state index is 5.99. The van der Waals surface area contributed by atoms with Gasteiger partial charge < -0.3 is 4.74 Å². The highest BCUT2D eigenvalue weighted by molar-refractivity contribution is 5.10. The molecule has 2 fully saturated rings. The highest BCUT2D eigenvalue weighted by atomic mass is 16.5. The van der Waals surface area contributed by atoms with Crippen LogP contribution in [0.3, 0.4) is 0 Å². The van der Waals surface area contributed by atoms with Crippen molar-refractivity contribution in [1.29, 1.82) is 0 Å². The molecule has 2 saturated heterocycles. The first-order valence-corrected chi connectivity index (χ1v) is 7.01. The summed E-state index contributed by atoms with van der Waals surface area (Å²) < 4.78 is 5.99. The lowest BCUT2D eigenvalue weighted by atomic mass is 9.92. The minimum atomic E-state index is 0.456. The van der Waals surface area contributed by atoms with Gasteiger partial charge in [0.25, 0.3) is 0 Å². The highest BCUT2D eigenvalue weighted by Gasteiger charge is 2.37. The molecule has 3 rings (SSSR count). The summed E-state index contributed by atoms with van der Waals surface area (Å²) in [5.41, 5.74) is 2.28. The fraction of sp³-hybridized carbons (Fsp3) is 0.667. The Balaban J connectivity index is 1.61. The number of rotatable bonds is 2. The number of fused-ring (bicyclic) bond motifs is 1. The Morgan fingerprint density at radius 3 is 3.17 bits per heavy atom. The molecule has 0 spiro atoms. The van der Waals surface area contributed by atoms with Gasteiger partial charge in [0, 0.05) is 18.8 Å². The number of piperidine rings is 1. The van der Waals surface area contributed by atoms with Crippen LogP contribution in [-0.2, 0) is 11.3 Å². The van der Waals surface area contributed by atoms with Crippen molar-refractivity contribution < 1.29 is 4.74 Å². The molecule has 98 valence electrons. The minimum Gasteiger partial charge on any atom is -0.374 e. The molecule has 0 bridgehead atoms. The summed E-state index contributed by atoms with van der Waals surface area (Å²) in [6.07, 6.45) is 3.44. The average Bonchev–Trinajstić information content (AvgIpc) is 2.68. The molecule has 3 heterocycles. The van der Waals surface area contributed by atoms with Gasteiger partial charge in [-0.3, -0.25) is 9.88 Å². The van der Waals surface area contributed by atoms with Crippen molar-refractivity contribution in [3.8, 4) is 0 Å². The fourth-order valence-corrected chi connectivity index (χ4v) is 3.29. The maximum absolute atomic E-state index is 5.99. The Labute approximate surface area is 109 Å². The SMILES string of the molecule is Cc1cccc(CN2CC[C@H]3C[C@@H](C)O[C@@H]3C2)n1. The second kappa shape index (κ2) is 4.98. The normalized spacial score (nSPS) is 32.4. The molecule has 0 aliphatic carbocycles. The number of pyridine rings is 1. The van der Waals surface area contributed by atoms with E-state index in [1.165, 1.54) is 25.1 Å². The number of aryl methyl sites for hydroxylation is 1. The molecule has 0 radical (unpaired) electrons. The van der Waals surface area contributed by atoms with Crippen LogP contribution in [0.2, 0.25) is 0 Å². The van der Waals surface area contributed by atoms with E-state index in [0.29, 0.717) is 12.2 Å². The second-order valence-electron chi connectivity index (χ2n) is 5.78. The molecule has 1 aromatic heterocycles. The minimum absolute atomic E-state index is 0.456. The average molecular weight is 246 g/mol. The van der Waals surface area contributed by atoms with Crippen LogP contribution in [-0.4, -0.2) is 35.2 Å². The van der Waals surface area contributed by atoms with E-state index in [9.17, 15) is 0 Å². The summed E-state index contributed by atoms with van der Waals surface area (Å²) >= 11 is 0. The van der Waals surface area contributed by atoms with Gasteiger partial charge in [-0.15, -0.1) is 0 Å².